The van der Waals surface area contributed by atoms with Gasteiger partial charge in [0.2, 0.25) is 11.8 Å². The Bertz CT molecular complexity index is 854. The summed E-state index contributed by atoms with van der Waals surface area (Å²) in [6.07, 6.45) is 10.0. The number of rotatable bonds is 5. The second kappa shape index (κ2) is 9.14. The minimum Gasteiger partial charge on any atom is -0.353 e. The zero-order valence-corrected chi connectivity index (χ0v) is 20.4. The zero-order valence-electron chi connectivity index (χ0n) is 20.4. The van der Waals surface area contributed by atoms with Gasteiger partial charge in [-0.15, -0.1) is 0 Å². The number of pyridine rings is 1. The predicted octanol–water partition coefficient (Wildman–Crippen LogP) is 2.48. The number of piperazine rings is 2. The highest BCUT2D eigenvalue weighted by Crippen LogP contribution is 2.60. The molecule has 0 spiro atoms. The van der Waals surface area contributed by atoms with Crippen LogP contribution < -0.4 is 4.90 Å². The lowest BCUT2D eigenvalue weighted by atomic mass is 9.49. The number of hydrogen-bond acceptors (Lipinski definition) is 5. The van der Waals surface area contributed by atoms with Gasteiger partial charge in [-0.2, -0.15) is 0 Å². The average molecular weight is 466 g/mol. The van der Waals surface area contributed by atoms with Crippen molar-refractivity contribution in [3.8, 4) is 0 Å². The van der Waals surface area contributed by atoms with Crippen LogP contribution in [0.25, 0.3) is 0 Å². The average Bonchev–Trinajstić information content (AvgIpc) is 2.87. The molecule has 2 saturated heterocycles. The molecule has 7 rings (SSSR count). The first-order valence-corrected chi connectivity index (χ1v) is 13.5. The van der Waals surface area contributed by atoms with Crippen molar-refractivity contribution < 1.29 is 9.59 Å². The Morgan fingerprint density at radius 1 is 0.824 bits per heavy atom. The van der Waals surface area contributed by atoms with Gasteiger partial charge in [-0.3, -0.25) is 14.5 Å². The van der Waals surface area contributed by atoms with Crippen LogP contribution in [0.3, 0.4) is 0 Å². The van der Waals surface area contributed by atoms with Crippen LogP contribution in [-0.2, 0) is 9.59 Å². The number of carbonyl (C=O) groups excluding carboxylic acids is 2. The van der Waals surface area contributed by atoms with Gasteiger partial charge in [-0.1, -0.05) is 6.07 Å². The lowest BCUT2D eigenvalue weighted by Gasteiger charge is -2.57. The molecule has 4 saturated carbocycles. The van der Waals surface area contributed by atoms with Gasteiger partial charge >= 0.3 is 0 Å². The van der Waals surface area contributed by atoms with Crippen molar-refractivity contribution in [3.63, 3.8) is 0 Å². The summed E-state index contributed by atoms with van der Waals surface area (Å²) >= 11 is 0. The van der Waals surface area contributed by atoms with Crippen LogP contribution >= 0.6 is 0 Å². The molecule has 3 heterocycles. The predicted molar refractivity (Wildman–Crippen MR) is 131 cm³/mol. The molecule has 0 atom stereocenters. The van der Waals surface area contributed by atoms with Crippen molar-refractivity contribution in [2.24, 2.45) is 23.2 Å². The minimum absolute atomic E-state index is 0.0235. The van der Waals surface area contributed by atoms with E-state index >= 15 is 0 Å². The van der Waals surface area contributed by atoms with E-state index in [2.05, 4.69) is 19.7 Å². The molecular weight excluding hydrogens is 426 g/mol. The van der Waals surface area contributed by atoms with Crippen LogP contribution in [0.2, 0.25) is 0 Å². The van der Waals surface area contributed by atoms with E-state index in [1.807, 2.05) is 29.3 Å². The largest absolute Gasteiger partial charge is 0.353 e. The molecule has 184 valence electrons. The third-order valence-electron chi connectivity index (χ3n) is 9.40. The van der Waals surface area contributed by atoms with Crippen molar-refractivity contribution in [1.29, 1.82) is 0 Å². The summed E-state index contributed by atoms with van der Waals surface area (Å²) in [4.78, 5) is 39.7. The van der Waals surface area contributed by atoms with E-state index in [1.54, 1.807) is 0 Å². The van der Waals surface area contributed by atoms with Crippen LogP contribution in [0.5, 0.6) is 0 Å². The highest BCUT2D eigenvalue weighted by Gasteiger charge is 2.55. The molecule has 7 nitrogen and oxygen atoms in total. The Kier molecular flexibility index (Phi) is 6.00. The Labute approximate surface area is 203 Å². The SMILES string of the molecule is O=C(CCN1CCN(C(=O)C23CC4CC(CC(C4)C2)C3)CC1)N1CCN(c2ccccn2)CC1. The fraction of sp³-hybridized carbons (Fsp3) is 0.741. The molecule has 6 aliphatic rings. The van der Waals surface area contributed by atoms with E-state index in [1.165, 1.54) is 19.3 Å². The normalized spacial score (nSPS) is 33.4. The summed E-state index contributed by atoms with van der Waals surface area (Å²) in [6.45, 7) is 7.48. The number of nitrogens with zero attached hydrogens (tertiary/aromatic N) is 5. The van der Waals surface area contributed by atoms with E-state index in [4.69, 9.17) is 0 Å². The molecular formula is C27H39N5O2. The second-order valence-electron chi connectivity index (χ2n) is 11.6. The molecule has 34 heavy (non-hydrogen) atoms. The molecule has 1 aromatic rings. The highest BCUT2D eigenvalue weighted by molar-refractivity contribution is 5.83. The smallest absolute Gasteiger partial charge is 0.228 e. The third kappa shape index (κ3) is 4.32. The standard InChI is InChI=1S/C27H39N5O2/c33-25(31-13-11-30(12-14-31)24-3-1-2-5-28-24)4-6-29-7-9-32(10-8-29)26(34)27-18-21-15-22(19-27)17-23(16-21)20-27/h1-3,5,21-23H,4,6-20H2. The molecule has 1 aromatic heterocycles. The molecule has 0 aromatic carbocycles. The zero-order chi connectivity index (χ0) is 23.1. The van der Waals surface area contributed by atoms with Gasteiger partial charge in [0.05, 0.1) is 5.41 Å². The highest BCUT2D eigenvalue weighted by atomic mass is 16.2. The molecule has 2 aliphatic heterocycles. The fourth-order valence-electron chi connectivity index (χ4n) is 8.02. The number of carbonyl (C=O) groups is 2. The summed E-state index contributed by atoms with van der Waals surface area (Å²) in [7, 11) is 0. The monoisotopic (exact) mass is 465 g/mol. The maximum Gasteiger partial charge on any atom is 0.228 e. The van der Waals surface area contributed by atoms with Gasteiger partial charge < -0.3 is 14.7 Å². The maximum absolute atomic E-state index is 13.6. The third-order valence-corrected chi connectivity index (χ3v) is 9.40. The Morgan fingerprint density at radius 2 is 1.44 bits per heavy atom. The van der Waals surface area contributed by atoms with Crippen LogP contribution in [0.1, 0.15) is 44.9 Å². The Morgan fingerprint density at radius 3 is 2.03 bits per heavy atom. The summed E-state index contributed by atoms with van der Waals surface area (Å²) in [5, 5.41) is 0. The summed E-state index contributed by atoms with van der Waals surface area (Å²) in [5.41, 5.74) is -0.0235. The maximum atomic E-state index is 13.6. The van der Waals surface area contributed by atoms with E-state index in [0.717, 1.165) is 102 Å². The molecule has 0 unspecified atom stereocenters. The van der Waals surface area contributed by atoms with Gasteiger partial charge in [-0.05, 0) is 68.4 Å². The molecule has 4 aliphatic carbocycles. The van der Waals surface area contributed by atoms with Crippen LogP contribution in [-0.4, -0.2) is 90.4 Å². The summed E-state index contributed by atoms with van der Waals surface area (Å²) < 4.78 is 0. The van der Waals surface area contributed by atoms with Gasteiger partial charge in [0.25, 0.3) is 0 Å². The van der Waals surface area contributed by atoms with Gasteiger partial charge in [0, 0.05) is 71.5 Å². The quantitative estimate of drug-likeness (QED) is 0.669. The van der Waals surface area contributed by atoms with Crippen LogP contribution in [0.4, 0.5) is 5.82 Å². The number of aromatic nitrogens is 1. The summed E-state index contributed by atoms with van der Waals surface area (Å²) in [5.74, 6) is 4.16. The molecule has 0 N–H and O–H groups in total. The first kappa shape index (κ1) is 22.3. The van der Waals surface area contributed by atoms with Gasteiger partial charge in [0.1, 0.15) is 5.82 Å². The van der Waals surface area contributed by atoms with Crippen LogP contribution in [0.15, 0.2) is 24.4 Å². The first-order chi connectivity index (χ1) is 16.6. The first-order valence-electron chi connectivity index (χ1n) is 13.5. The molecule has 2 amide bonds. The van der Waals surface area contributed by atoms with Crippen molar-refractivity contribution in [3.05, 3.63) is 24.4 Å². The summed E-state index contributed by atoms with van der Waals surface area (Å²) in [6, 6.07) is 5.98. The van der Waals surface area contributed by atoms with Crippen molar-refractivity contribution >= 4 is 17.6 Å². The van der Waals surface area contributed by atoms with Gasteiger partial charge in [0.15, 0.2) is 0 Å². The van der Waals surface area contributed by atoms with E-state index in [-0.39, 0.29) is 11.3 Å². The minimum atomic E-state index is -0.0235. The second-order valence-corrected chi connectivity index (χ2v) is 11.6. The lowest BCUT2D eigenvalue weighted by molar-refractivity contribution is -0.159. The Balaban J connectivity index is 0.941. The van der Waals surface area contributed by atoms with E-state index in [0.29, 0.717) is 12.3 Å². The van der Waals surface area contributed by atoms with Crippen molar-refractivity contribution in [1.82, 2.24) is 19.7 Å². The topological polar surface area (TPSA) is 60.0 Å². The van der Waals surface area contributed by atoms with Crippen molar-refractivity contribution in [2.75, 3.05) is 63.8 Å². The van der Waals surface area contributed by atoms with E-state index < -0.39 is 0 Å². The molecule has 0 radical (unpaired) electrons. The van der Waals surface area contributed by atoms with Crippen molar-refractivity contribution in [2.45, 2.75) is 44.9 Å². The number of anilines is 1. The molecule has 4 bridgehead atoms. The van der Waals surface area contributed by atoms with Gasteiger partial charge in [-0.25, -0.2) is 4.98 Å². The van der Waals surface area contributed by atoms with E-state index in [9.17, 15) is 9.59 Å². The van der Waals surface area contributed by atoms with Crippen LogP contribution in [0, 0.1) is 23.2 Å². The molecule has 7 heteroatoms. The molecule has 6 fully saturated rings. The number of hydrogen-bond donors (Lipinski definition) is 0. The fourth-order valence-corrected chi connectivity index (χ4v) is 8.02. The Hall–Kier alpha value is -2.15. The lowest BCUT2D eigenvalue weighted by Crippen LogP contribution is -2.58. The number of amides is 2.